The van der Waals surface area contributed by atoms with Crippen molar-refractivity contribution < 1.29 is 30.1 Å². The molecule has 0 aliphatic carbocycles. The van der Waals surface area contributed by atoms with Crippen LogP contribution in [0, 0.1) is 0 Å². The van der Waals surface area contributed by atoms with Crippen molar-refractivity contribution in [1.82, 2.24) is 12.3 Å². The largest absolute Gasteiger partial charge is 0.759 e. The van der Waals surface area contributed by atoms with Crippen molar-refractivity contribution in [2.45, 2.75) is 76.0 Å². The Bertz CT molecular complexity index is 673. The lowest BCUT2D eigenvalue weighted by Gasteiger charge is -2.06. The second kappa shape index (κ2) is 18.9. The highest BCUT2D eigenvalue weighted by molar-refractivity contribution is 7.86. The minimum Gasteiger partial charge on any atom is -0.759 e. The zero-order valence-corrected chi connectivity index (χ0v) is 19.5. The first-order valence-electron chi connectivity index (χ1n) is 9.28. The summed E-state index contributed by atoms with van der Waals surface area (Å²) in [6.07, 6.45) is 12.3. The van der Waals surface area contributed by atoms with Crippen molar-refractivity contribution in [3.63, 3.8) is 0 Å². The van der Waals surface area contributed by atoms with Gasteiger partial charge < -0.3 is 21.4 Å². The highest BCUT2D eigenvalue weighted by Crippen LogP contribution is 2.13. The fourth-order valence-corrected chi connectivity index (χ4v) is 3.38. The molecular weight excluding hydrogens is 420 g/mol. The third-order valence-electron chi connectivity index (χ3n) is 3.77. The lowest BCUT2D eigenvalue weighted by atomic mass is 10.1. The molecule has 0 saturated heterocycles. The SMILES string of the molecule is CCCCCCCCCCCCOS(=O)(=O)c1ccccc1.O=S(=O)([O-])[O-].[NH4+].[NH4+]. The summed E-state index contributed by atoms with van der Waals surface area (Å²) < 4.78 is 62.9. The van der Waals surface area contributed by atoms with Crippen LogP contribution in [0.3, 0.4) is 0 Å². The lowest BCUT2D eigenvalue weighted by molar-refractivity contribution is 0.306. The molecule has 0 spiro atoms. The van der Waals surface area contributed by atoms with E-state index in [1.165, 1.54) is 51.4 Å². The third kappa shape index (κ3) is 23.1. The van der Waals surface area contributed by atoms with Crippen LogP contribution in [0.25, 0.3) is 0 Å². The minimum absolute atomic E-state index is 0. The van der Waals surface area contributed by atoms with Crippen LogP contribution < -0.4 is 12.3 Å². The van der Waals surface area contributed by atoms with Crippen molar-refractivity contribution in [3.8, 4) is 0 Å². The molecule has 0 aliphatic rings. The quantitative estimate of drug-likeness (QED) is 0.184. The Morgan fingerprint density at radius 2 is 1.10 bits per heavy atom. The number of quaternary nitrogens is 2. The van der Waals surface area contributed by atoms with Gasteiger partial charge in [0.25, 0.3) is 10.1 Å². The molecule has 0 bridgehead atoms. The Labute approximate surface area is 176 Å². The zero-order valence-electron chi connectivity index (χ0n) is 17.8. The van der Waals surface area contributed by atoms with Crippen LogP contribution in [-0.2, 0) is 24.7 Å². The van der Waals surface area contributed by atoms with Gasteiger partial charge >= 0.3 is 0 Å². The summed E-state index contributed by atoms with van der Waals surface area (Å²) in [5.74, 6) is 0. The van der Waals surface area contributed by atoms with Gasteiger partial charge in [0.05, 0.1) is 11.5 Å². The molecule has 1 rings (SSSR count). The standard InChI is InChI=1S/C18H30O3S.2H3N.H2O4S/c1-2-3-4-5-6-7-8-9-10-14-17-21-22(19,20)18-15-12-11-13-16-18;;;1-5(2,3)4/h11-13,15-16H,2-10,14,17H2,1H3;2*1H3;(H2,1,2,3,4). The van der Waals surface area contributed by atoms with Gasteiger partial charge in [0.15, 0.2) is 0 Å². The van der Waals surface area contributed by atoms with E-state index in [0.29, 0.717) is 0 Å². The van der Waals surface area contributed by atoms with Crippen LogP contribution in [-0.4, -0.2) is 32.5 Å². The van der Waals surface area contributed by atoms with Crippen LogP contribution in [0.5, 0.6) is 0 Å². The fourth-order valence-electron chi connectivity index (χ4n) is 2.41. The molecular formula is C18H38N2O7S2. The van der Waals surface area contributed by atoms with Crippen molar-refractivity contribution in [2.75, 3.05) is 6.61 Å². The van der Waals surface area contributed by atoms with E-state index in [9.17, 15) is 8.42 Å². The Morgan fingerprint density at radius 3 is 1.52 bits per heavy atom. The molecule has 0 unspecified atom stereocenters. The maximum atomic E-state index is 11.9. The molecule has 0 aliphatic heterocycles. The number of rotatable bonds is 13. The predicted octanol–water partition coefficient (Wildman–Crippen LogP) is 4.73. The van der Waals surface area contributed by atoms with Gasteiger partial charge in [-0.25, -0.2) is 0 Å². The summed E-state index contributed by atoms with van der Waals surface area (Å²) in [6.45, 7) is 2.52. The van der Waals surface area contributed by atoms with Gasteiger partial charge in [-0.05, 0) is 18.6 Å². The van der Waals surface area contributed by atoms with Crippen molar-refractivity contribution in [1.29, 1.82) is 0 Å². The zero-order chi connectivity index (χ0) is 20.6. The summed E-state index contributed by atoms with van der Waals surface area (Å²) >= 11 is 0. The maximum absolute atomic E-state index is 11.9. The number of hydrogen-bond acceptors (Lipinski definition) is 7. The van der Waals surface area contributed by atoms with E-state index in [4.69, 9.17) is 21.7 Å². The normalized spacial score (nSPS) is 10.9. The van der Waals surface area contributed by atoms with Gasteiger partial charge in [0, 0.05) is 10.4 Å². The molecule has 9 nitrogen and oxygen atoms in total. The third-order valence-corrected chi connectivity index (χ3v) is 5.09. The summed E-state index contributed by atoms with van der Waals surface area (Å²) in [4.78, 5) is 0.238. The van der Waals surface area contributed by atoms with E-state index in [0.717, 1.165) is 12.8 Å². The highest BCUT2D eigenvalue weighted by Gasteiger charge is 2.13. The molecule has 0 amide bonds. The fraction of sp³-hybridized carbons (Fsp3) is 0.667. The summed E-state index contributed by atoms with van der Waals surface area (Å²) in [5, 5.41) is 0. The summed E-state index contributed by atoms with van der Waals surface area (Å²) in [5.41, 5.74) is 0. The van der Waals surface area contributed by atoms with E-state index >= 15 is 0 Å². The van der Waals surface area contributed by atoms with Crippen molar-refractivity contribution in [2.24, 2.45) is 0 Å². The topological polar surface area (TPSA) is 197 Å². The molecule has 0 aromatic heterocycles. The van der Waals surface area contributed by atoms with Gasteiger partial charge in [-0.1, -0.05) is 82.9 Å². The van der Waals surface area contributed by atoms with Crippen LogP contribution in [0.2, 0.25) is 0 Å². The van der Waals surface area contributed by atoms with E-state index in [1.807, 2.05) is 0 Å². The van der Waals surface area contributed by atoms with E-state index < -0.39 is 20.5 Å². The molecule has 1 aromatic carbocycles. The maximum Gasteiger partial charge on any atom is 0.296 e. The van der Waals surface area contributed by atoms with Crippen molar-refractivity contribution in [3.05, 3.63) is 30.3 Å². The van der Waals surface area contributed by atoms with Crippen LogP contribution in [0.1, 0.15) is 71.1 Å². The van der Waals surface area contributed by atoms with Gasteiger partial charge in [-0.2, -0.15) is 8.42 Å². The van der Waals surface area contributed by atoms with Crippen molar-refractivity contribution >= 4 is 20.5 Å². The summed E-state index contributed by atoms with van der Waals surface area (Å²) in [7, 11) is -8.74. The second-order valence-electron chi connectivity index (χ2n) is 6.18. The molecule has 174 valence electrons. The van der Waals surface area contributed by atoms with Crippen LogP contribution in [0.15, 0.2) is 35.2 Å². The summed E-state index contributed by atoms with van der Waals surface area (Å²) in [6, 6.07) is 8.33. The number of benzene rings is 1. The molecule has 0 heterocycles. The van der Waals surface area contributed by atoms with Gasteiger partial charge in [-0.15, -0.1) is 0 Å². The average Bonchev–Trinajstić information content (AvgIpc) is 2.59. The van der Waals surface area contributed by atoms with E-state index in [1.54, 1.807) is 30.3 Å². The Balaban J connectivity index is -0.000000860. The lowest BCUT2D eigenvalue weighted by Crippen LogP contribution is -2.07. The Hall–Kier alpha value is -1.08. The number of hydrogen-bond donors (Lipinski definition) is 2. The predicted molar refractivity (Wildman–Crippen MR) is 114 cm³/mol. The van der Waals surface area contributed by atoms with Crippen LogP contribution in [0.4, 0.5) is 0 Å². The van der Waals surface area contributed by atoms with E-state index in [2.05, 4.69) is 6.92 Å². The monoisotopic (exact) mass is 458 g/mol. The van der Waals surface area contributed by atoms with Crippen LogP contribution >= 0.6 is 0 Å². The molecule has 11 heteroatoms. The van der Waals surface area contributed by atoms with E-state index in [-0.39, 0.29) is 23.8 Å². The molecule has 0 fully saturated rings. The number of unbranched alkanes of at least 4 members (excludes halogenated alkanes) is 9. The molecule has 1 aromatic rings. The molecule has 0 saturated carbocycles. The van der Waals surface area contributed by atoms with Gasteiger partial charge in [0.2, 0.25) is 0 Å². The Kier molecular flexibility index (Phi) is 21.3. The second-order valence-corrected chi connectivity index (χ2v) is 8.61. The van der Waals surface area contributed by atoms with Gasteiger partial charge in [-0.3, -0.25) is 12.6 Å². The highest BCUT2D eigenvalue weighted by atomic mass is 32.3. The minimum atomic E-state index is -5.17. The first-order chi connectivity index (χ1) is 12.7. The molecule has 0 atom stereocenters. The first kappa shape index (κ1) is 32.6. The molecule has 8 N–H and O–H groups in total. The van der Waals surface area contributed by atoms with Gasteiger partial charge in [0.1, 0.15) is 0 Å². The first-order valence-corrected chi connectivity index (χ1v) is 12.0. The molecule has 0 radical (unpaired) electrons. The Morgan fingerprint density at radius 1 is 0.724 bits per heavy atom. The average molecular weight is 459 g/mol. The molecule has 29 heavy (non-hydrogen) atoms. The smallest absolute Gasteiger partial charge is 0.296 e.